The first kappa shape index (κ1) is 14.0. The Morgan fingerprint density at radius 2 is 2.00 bits per heavy atom. The molecule has 0 spiro atoms. The molecule has 1 heterocycles. The molecule has 0 bridgehead atoms. The van der Waals surface area contributed by atoms with Crippen molar-refractivity contribution in [3.8, 4) is 0 Å². The molecule has 112 valence electrons. The first-order chi connectivity index (χ1) is 9.75. The Balaban J connectivity index is 1.82. The summed E-state index contributed by atoms with van der Waals surface area (Å²) in [4.78, 5) is 4.60. The molecule has 1 aromatic heterocycles. The SMILES string of the molecule is CCOC1(c2noc(C(N)C3CC3)n2)CCCCCC1. The Bertz CT molecular complexity index is 434. The van der Waals surface area contributed by atoms with Crippen LogP contribution < -0.4 is 5.73 Å². The van der Waals surface area contributed by atoms with Crippen molar-refractivity contribution in [1.29, 1.82) is 0 Å². The molecule has 1 unspecified atom stereocenters. The third kappa shape index (κ3) is 2.74. The minimum absolute atomic E-state index is 0.0966. The third-order valence-electron chi connectivity index (χ3n) is 4.60. The van der Waals surface area contributed by atoms with Gasteiger partial charge in [-0.15, -0.1) is 0 Å². The van der Waals surface area contributed by atoms with Gasteiger partial charge in [0.1, 0.15) is 5.60 Å². The predicted molar refractivity (Wildman–Crippen MR) is 75.0 cm³/mol. The number of rotatable bonds is 5. The lowest BCUT2D eigenvalue weighted by Gasteiger charge is -2.29. The highest BCUT2D eigenvalue weighted by Crippen LogP contribution is 2.41. The van der Waals surface area contributed by atoms with Gasteiger partial charge in [-0.1, -0.05) is 30.8 Å². The maximum atomic E-state index is 6.15. The summed E-state index contributed by atoms with van der Waals surface area (Å²) < 4.78 is 11.5. The van der Waals surface area contributed by atoms with E-state index in [0.29, 0.717) is 24.2 Å². The van der Waals surface area contributed by atoms with Gasteiger partial charge in [0.25, 0.3) is 0 Å². The van der Waals surface area contributed by atoms with Crippen LogP contribution in [0.25, 0.3) is 0 Å². The van der Waals surface area contributed by atoms with Gasteiger partial charge >= 0.3 is 0 Å². The Morgan fingerprint density at radius 1 is 1.30 bits per heavy atom. The molecule has 5 nitrogen and oxygen atoms in total. The molecular formula is C15H25N3O2. The lowest BCUT2D eigenvalue weighted by molar-refractivity contribution is -0.0636. The van der Waals surface area contributed by atoms with Gasteiger partial charge in [-0.05, 0) is 38.5 Å². The fraction of sp³-hybridized carbons (Fsp3) is 0.867. The maximum Gasteiger partial charge on any atom is 0.243 e. The van der Waals surface area contributed by atoms with E-state index < -0.39 is 0 Å². The summed E-state index contributed by atoms with van der Waals surface area (Å²) in [5, 5.41) is 4.21. The second-order valence-corrected chi connectivity index (χ2v) is 6.16. The minimum atomic E-state index is -0.351. The van der Waals surface area contributed by atoms with Crippen LogP contribution in [0.5, 0.6) is 0 Å². The van der Waals surface area contributed by atoms with Crippen molar-refractivity contribution in [2.45, 2.75) is 69.9 Å². The standard InChI is InChI=1S/C15H25N3O2/c1-2-19-15(9-5-3-4-6-10-15)14-17-13(20-18-14)12(16)11-7-8-11/h11-12H,2-10,16H2,1H3. The molecule has 2 saturated carbocycles. The zero-order valence-electron chi connectivity index (χ0n) is 12.3. The molecule has 2 aliphatic rings. The average molecular weight is 279 g/mol. The van der Waals surface area contributed by atoms with Gasteiger partial charge in [-0.2, -0.15) is 4.98 Å². The molecule has 0 aliphatic heterocycles. The summed E-state index contributed by atoms with van der Waals surface area (Å²) in [6.45, 7) is 2.71. The molecule has 3 rings (SSSR count). The number of aromatic nitrogens is 2. The first-order valence-electron chi connectivity index (χ1n) is 7.99. The van der Waals surface area contributed by atoms with Crippen molar-refractivity contribution >= 4 is 0 Å². The summed E-state index contributed by atoms with van der Waals surface area (Å²) in [5.74, 6) is 1.83. The van der Waals surface area contributed by atoms with Crippen molar-refractivity contribution in [3.05, 3.63) is 11.7 Å². The molecule has 1 atom stereocenters. The second-order valence-electron chi connectivity index (χ2n) is 6.16. The smallest absolute Gasteiger partial charge is 0.243 e. The van der Waals surface area contributed by atoms with Crippen molar-refractivity contribution in [1.82, 2.24) is 10.1 Å². The summed E-state index contributed by atoms with van der Waals surface area (Å²) >= 11 is 0. The van der Waals surface area contributed by atoms with Gasteiger partial charge in [0.2, 0.25) is 11.7 Å². The van der Waals surface area contributed by atoms with E-state index in [0.717, 1.165) is 12.8 Å². The van der Waals surface area contributed by atoms with E-state index in [4.69, 9.17) is 15.0 Å². The van der Waals surface area contributed by atoms with Crippen LogP contribution in [0.15, 0.2) is 4.52 Å². The average Bonchev–Trinajstić information content (AvgIpc) is 3.22. The van der Waals surface area contributed by atoms with Crippen molar-refractivity contribution in [2.75, 3.05) is 6.61 Å². The number of ether oxygens (including phenoxy) is 1. The lowest BCUT2D eigenvalue weighted by Crippen LogP contribution is -2.31. The Hall–Kier alpha value is -0.940. The number of nitrogens with zero attached hydrogens (tertiary/aromatic N) is 2. The number of hydrogen-bond donors (Lipinski definition) is 1. The molecule has 2 N–H and O–H groups in total. The summed E-state index contributed by atoms with van der Waals surface area (Å²) in [6.07, 6.45) is 9.18. The normalized spacial score (nSPS) is 24.3. The van der Waals surface area contributed by atoms with Gasteiger partial charge in [0, 0.05) is 6.61 Å². The summed E-state index contributed by atoms with van der Waals surface area (Å²) in [5.41, 5.74) is 5.80. The van der Waals surface area contributed by atoms with Crippen LogP contribution in [0, 0.1) is 5.92 Å². The zero-order valence-corrected chi connectivity index (χ0v) is 12.3. The topological polar surface area (TPSA) is 74.2 Å². The zero-order chi connectivity index (χ0) is 14.0. The van der Waals surface area contributed by atoms with Crippen LogP contribution in [-0.2, 0) is 10.3 Å². The Morgan fingerprint density at radius 3 is 2.60 bits per heavy atom. The molecule has 2 fully saturated rings. The van der Waals surface area contributed by atoms with E-state index in [1.807, 2.05) is 6.92 Å². The first-order valence-corrected chi connectivity index (χ1v) is 7.99. The van der Waals surface area contributed by atoms with Crippen LogP contribution in [0.3, 0.4) is 0 Å². The van der Waals surface area contributed by atoms with Crippen molar-refractivity contribution < 1.29 is 9.26 Å². The fourth-order valence-electron chi connectivity index (χ4n) is 3.22. The van der Waals surface area contributed by atoms with Crippen LogP contribution in [0.4, 0.5) is 0 Å². The van der Waals surface area contributed by atoms with Gasteiger partial charge in [0.15, 0.2) is 0 Å². The van der Waals surface area contributed by atoms with E-state index in [-0.39, 0.29) is 11.6 Å². The van der Waals surface area contributed by atoms with E-state index in [1.54, 1.807) is 0 Å². The highest BCUT2D eigenvalue weighted by Gasteiger charge is 2.40. The lowest BCUT2D eigenvalue weighted by atomic mass is 9.93. The Labute approximate surface area is 120 Å². The predicted octanol–water partition coefficient (Wildman–Crippen LogP) is 3.07. The van der Waals surface area contributed by atoms with Gasteiger partial charge in [-0.3, -0.25) is 0 Å². The highest BCUT2D eigenvalue weighted by atomic mass is 16.5. The molecule has 2 aliphatic carbocycles. The summed E-state index contributed by atoms with van der Waals surface area (Å²) in [6, 6.07) is -0.0966. The monoisotopic (exact) mass is 279 g/mol. The number of hydrogen-bond acceptors (Lipinski definition) is 5. The molecule has 0 radical (unpaired) electrons. The number of nitrogens with two attached hydrogens (primary N) is 1. The second kappa shape index (κ2) is 5.82. The van der Waals surface area contributed by atoms with E-state index in [1.165, 1.54) is 38.5 Å². The van der Waals surface area contributed by atoms with Gasteiger partial charge in [-0.25, -0.2) is 0 Å². The van der Waals surface area contributed by atoms with Gasteiger partial charge < -0.3 is 15.0 Å². The largest absolute Gasteiger partial charge is 0.367 e. The molecule has 0 amide bonds. The minimum Gasteiger partial charge on any atom is -0.367 e. The van der Waals surface area contributed by atoms with E-state index >= 15 is 0 Å². The molecule has 0 aromatic carbocycles. The fourth-order valence-corrected chi connectivity index (χ4v) is 3.22. The molecular weight excluding hydrogens is 254 g/mol. The van der Waals surface area contributed by atoms with Crippen LogP contribution >= 0.6 is 0 Å². The van der Waals surface area contributed by atoms with Crippen LogP contribution in [0.2, 0.25) is 0 Å². The van der Waals surface area contributed by atoms with Crippen LogP contribution in [0.1, 0.15) is 76.0 Å². The highest BCUT2D eigenvalue weighted by molar-refractivity contribution is 5.06. The summed E-state index contributed by atoms with van der Waals surface area (Å²) in [7, 11) is 0. The maximum absolute atomic E-state index is 6.15. The van der Waals surface area contributed by atoms with Crippen molar-refractivity contribution in [2.24, 2.45) is 11.7 Å². The molecule has 20 heavy (non-hydrogen) atoms. The quantitative estimate of drug-likeness (QED) is 0.838. The van der Waals surface area contributed by atoms with E-state index in [2.05, 4.69) is 10.1 Å². The molecule has 0 saturated heterocycles. The van der Waals surface area contributed by atoms with Crippen LogP contribution in [-0.4, -0.2) is 16.7 Å². The molecule has 1 aromatic rings. The van der Waals surface area contributed by atoms with E-state index in [9.17, 15) is 0 Å². The van der Waals surface area contributed by atoms with Gasteiger partial charge in [0.05, 0.1) is 6.04 Å². The molecule has 5 heteroatoms. The van der Waals surface area contributed by atoms with Crippen molar-refractivity contribution in [3.63, 3.8) is 0 Å². The Kier molecular flexibility index (Phi) is 4.08. The third-order valence-corrected chi connectivity index (χ3v) is 4.60.